The number of aryl methyl sites for hydroxylation is 1. The minimum absolute atomic E-state index is 0.0629. The first-order valence-electron chi connectivity index (χ1n) is 10.2. The van der Waals surface area contributed by atoms with Crippen LogP contribution in [0.5, 0.6) is 11.5 Å². The summed E-state index contributed by atoms with van der Waals surface area (Å²) in [6, 6.07) is 12.1. The van der Waals surface area contributed by atoms with Gasteiger partial charge in [-0.15, -0.1) is 0 Å². The molecule has 0 saturated carbocycles. The molecule has 0 amide bonds. The van der Waals surface area contributed by atoms with Crippen molar-refractivity contribution in [2.24, 2.45) is 0 Å². The molecule has 7 nitrogen and oxygen atoms in total. The maximum absolute atomic E-state index is 5.67. The first kappa shape index (κ1) is 18.8. The maximum atomic E-state index is 5.67. The SMILES string of the molecule is Cc1cc(NCC2(c3ccc4c(c3)OCO4)CCOCC2)nc(-c2cccnc2)n1. The average Bonchev–Trinajstić information content (AvgIpc) is 3.27. The molecule has 154 valence electrons. The second kappa shape index (κ2) is 7.91. The first-order chi connectivity index (χ1) is 14.7. The van der Waals surface area contributed by atoms with Crippen LogP contribution in [0, 0.1) is 6.92 Å². The monoisotopic (exact) mass is 404 g/mol. The second-order valence-electron chi connectivity index (χ2n) is 7.77. The van der Waals surface area contributed by atoms with Crippen LogP contribution in [0.1, 0.15) is 24.1 Å². The fourth-order valence-corrected chi connectivity index (χ4v) is 4.10. The molecule has 2 aliphatic heterocycles. The van der Waals surface area contributed by atoms with Crippen molar-refractivity contribution < 1.29 is 14.2 Å². The third-order valence-corrected chi connectivity index (χ3v) is 5.82. The highest BCUT2D eigenvalue weighted by Crippen LogP contribution is 2.41. The highest BCUT2D eigenvalue weighted by molar-refractivity contribution is 5.56. The van der Waals surface area contributed by atoms with Crippen LogP contribution in [0.4, 0.5) is 5.82 Å². The van der Waals surface area contributed by atoms with Gasteiger partial charge in [-0.1, -0.05) is 6.07 Å². The summed E-state index contributed by atoms with van der Waals surface area (Å²) in [7, 11) is 0. The Morgan fingerprint density at radius 1 is 1.03 bits per heavy atom. The molecule has 0 atom stereocenters. The summed E-state index contributed by atoms with van der Waals surface area (Å²) < 4.78 is 16.8. The van der Waals surface area contributed by atoms with Crippen molar-refractivity contribution in [1.82, 2.24) is 15.0 Å². The van der Waals surface area contributed by atoms with Gasteiger partial charge in [-0.2, -0.15) is 0 Å². The largest absolute Gasteiger partial charge is 0.454 e. The van der Waals surface area contributed by atoms with Gasteiger partial charge in [0.15, 0.2) is 17.3 Å². The van der Waals surface area contributed by atoms with E-state index in [0.717, 1.165) is 61.2 Å². The smallest absolute Gasteiger partial charge is 0.231 e. The van der Waals surface area contributed by atoms with Crippen LogP contribution in [0.2, 0.25) is 0 Å². The summed E-state index contributed by atoms with van der Waals surface area (Å²) in [5.41, 5.74) is 2.99. The molecule has 7 heteroatoms. The molecule has 0 aliphatic carbocycles. The second-order valence-corrected chi connectivity index (χ2v) is 7.77. The van der Waals surface area contributed by atoms with Crippen LogP contribution < -0.4 is 14.8 Å². The minimum Gasteiger partial charge on any atom is -0.454 e. The van der Waals surface area contributed by atoms with Crippen molar-refractivity contribution in [3.8, 4) is 22.9 Å². The zero-order chi connectivity index (χ0) is 20.4. The number of ether oxygens (including phenoxy) is 3. The van der Waals surface area contributed by atoms with Gasteiger partial charge in [-0.25, -0.2) is 9.97 Å². The molecule has 2 aromatic heterocycles. The predicted molar refractivity (Wildman–Crippen MR) is 113 cm³/mol. The Labute approximate surface area is 175 Å². The van der Waals surface area contributed by atoms with E-state index >= 15 is 0 Å². The van der Waals surface area contributed by atoms with Crippen LogP contribution in [0.15, 0.2) is 48.8 Å². The molecule has 1 fully saturated rings. The van der Waals surface area contributed by atoms with Crippen molar-refractivity contribution in [2.75, 3.05) is 31.9 Å². The molecule has 0 spiro atoms. The van der Waals surface area contributed by atoms with Crippen LogP contribution in [0.3, 0.4) is 0 Å². The minimum atomic E-state index is -0.0629. The van der Waals surface area contributed by atoms with Gasteiger partial charge in [0.2, 0.25) is 6.79 Å². The third kappa shape index (κ3) is 3.68. The number of anilines is 1. The topological polar surface area (TPSA) is 78.4 Å². The summed E-state index contributed by atoms with van der Waals surface area (Å²) in [4.78, 5) is 13.5. The average molecular weight is 404 g/mol. The Morgan fingerprint density at radius 3 is 2.73 bits per heavy atom. The molecule has 0 unspecified atom stereocenters. The van der Waals surface area contributed by atoms with Crippen molar-refractivity contribution in [3.63, 3.8) is 0 Å². The summed E-state index contributed by atoms with van der Waals surface area (Å²) in [6.07, 6.45) is 5.39. The van der Waals surface area contributed by atoms with E-state index in [-0.39, 0.29) is 12.2 Å². The quantitative estimate of drug-likeness (QED) is 0.694. The Bertz CT molecular complexity index is 1040. The molecule has 0 bridgehead atoms. The summed E-state index contributed by atoms with van der Waals surface area (Å²) in [5.74, 6) is 3.11. The van der Waals surface area contributed by atoms with Crippen LogP contribution in [-0.2, 0) is 10.2 Å². The number of hydrogen-bond acceptors (Lipinski definition) is 7. The van der Waals surface area contributed by atoms with Gasteiger partial charge in [-0.3, -0.25) is 4.98 Å². The van der Waals surface area contributed by atoms with Gasteiger partial charge in [0.05, 0.1) is 0 Å². The summed E-state index contributed by atoms with van der Waals surface area (Å²) in [5, 5.41) is 3.57. The number of nitrogens with zero attached hydrogens (tertiary/aromatic N) is 3. The molecule has 4 heterocycles. The van der Waals surface area contributed by atoms with Crippen molar-refractivity contribution >= 4 is 5.82 Å². The van der Waals surface area contributed by atoms with E-state index in [9.17, 15) is 0 Å². The number of rotatable bonds is 5. The van der Waals surface area contributed by atoms with E-state index in [1.807, 2.05) is 31.2 Å². The molecule has 3 aromatic rings. The van der Waals surface area contributed by atoms with Crippen LogP contribution in [-0.4, -0.2) is 41.5 Å². The first-order valence-corrected chi connectivity index (χ1v) is 10.2. The zero-order valence-corrected chi connectivity index (χ0v) is 16.9. The lowest BCUT2D eigenvalue weighted by atomic mass is 9.74. The van der Waals surface area contributed by atoms with E-state index in [2.05, 4.69) is 27.4 Å². The highest BCUT2D eigenvalue weighted by Gasteiger charge is 2.35. The molecule has 0 radical (unpaired) electrons. The Kier molecular flexibility index (Phi) is 4.96. The van der Waals surface area contributed by atoms with Gasteiger partial charge >= 0.3 is 0 Å². The molecule has 2 aliphatic rings. The van der Waals surface area contributed by atoms with E-state index < -0.39 is 0 Å². The number of pyridine rings is 1. The fraction of sp³-hybridized carbons (Fsp3) is 0.348. The van der Waals surface area contributed by atoms with E-state index in [1.165, 1.54) is 5.56 Å². The highest BCUT2D eigenvalue weighted by atomic mass is 16.7. The van der Waals surface area contributed by atoms with Crippen LogP contribution >= 0.6 is 0 Å². The maximum Gasteiger partial charge on any atom is 0.231 e. The Morgan fingerprint density at radius 2 is 1.90 bits per heavy atom. The van der Waals surface area contributed by atoms with Crippen molar-refractivity contribution in [3.05, 3.63) is 60.0 Å². The zero-order valence-electron chi connectivity index (χ0n) is 16.9. The molecular formula is C23H24N4O3. The van der Waals surface area contributed by atoms with Gasteiger partial charge in [0.25, 0.3) is 0 Å². The van der Waals surface area contributed by atoms with Gasteiger partial charge in [0, 0.05) is 54.9 Å². The fourth-order valence-electron chi connectivity index (χ4n) is 4.10. The summed E-state index contributed by atoms with van der Waals surface area (Å²) >= 11 is 0. The van der Waals surface area contributed by atoms with E-state index in [0.29, 0.717) is 5.82 Å². The number of benzene rings is 1. The molecule has 1 saturated heterocycles. The molecule has 30 heavy (non-hydrogen) atoms. The van der Waals surface area contributed by atoms with E-state index in [4.69, 9.17) is 19.2 Å². The Balaban J connectivity index is 1.42. The molecule has 1 N–H and O–H groups in total. The van der Waals surface area contributed by atoms with Gasteiger partial charge < -0.3 is 19.5 Å². The number of nitrogens with one attached hydrogen (secondary N) is 1. The lowest BCUT2D eigenvalue weighted by Gasteiger charge is -2.38. The van der Waals surface area contributed by atoms with Crippen LogP contribution in [0.25, 0.3) is 11.4 Å². The van der Waals surface area contributed by atoms with Gasteiger partial charge in [0.1, 0.15) is 5.82 Å². The summed E-state index contributed by atoms with van der Waals surface area (Å²) in [6.45, 7) is 4.48. The van der Waals surface area contributed by atoms with Crippen molar-refractivity contribution in [2.45, 2.75) is 25.2 Å². The van der Waals surface area contributed by atoms with Crippen molar-refractivity contribution in [1.29, 1.82) is 0 Å². The van der Waals surface area contributed by atoms with Gasteiger partial charge in [-0.05, 0) is 49.6 Å². The molecule has 1 aromatic carbocycles. The standard InChI is InChI=1S/C23H24N4O3/c1-16-11-21(27-22(26-16)17-3-2-8-24-13-17)25-14-23(6-9-28-10-7-23)18-4-5-19-20(12-18)30-15-29-19/h2-5,8,11-13H,6-7,9-10,14-15H2,1H3,(H,25,26,27). The predicted octanol–water partition coefficient (Wildman–Crippen LogP) is 3.74. The third-order valence-electron chi connectivity index (χ3n) is 5.82. The number of fused-ring (bicyclic) bond motifs is 1. The lowest BCUT2D eigenvalue weighted by Crippen LogP contribution is -2.40. The molecular weight excluding hydrogens is 380 g/mol. The molecule has 5 rings (SSSR count). The lowest BCUT2D eigenvalue weighted by molar-refractivity contribution is 0.0543. The normalized spacial score (nSPS) is 17.0. The Hall–Kier alpha value is -3.19. The number of aromatic nitrogens is 3. The number of hydrogen-bond donors (Lipinski definition) is 1. The van der Waals surface area contributed by atoms with E-state index in [1.54, 1.807) is 12.4 Å².